The van der Waals surface area contributed by atoms with Crippen molar-refractivity contribution >= 4 is 48.7 Å². The maximum absolute atomic E-state index is 5.51. The first-order valence-electron chi connectivity index (χ1n) is 11.5. The lowest BCUT2D eigenvalue weighted by Gasteiger charge is -2.38. The molecule has 0 aliphatic rings. The number of hydrogen-bond acceptors (Lipinski definition) is 1. The van der Waals surface area contributed by atoms with Crippen LogP contribution in [0.25, 0.3) is 38.4 Å². The largest absolute Gasteiger partial charge is 0.293 e. The molecule has 2 aromatic heterocycles. The van der Waals surface area contributed by atoms with Crippen LogP contribution in [0.1, 0.15) is 10.9 Å². The summed E-state index contributed by atoms with van der Waals surface area (Å²) in [6.07, 6.45) is 0. The van der Waals surface area contributed by atoms with Crippen LogP contribution in [0.5, 0.6) is 0 Å². The van der Waals surface area contributed by atoms with E-state index in [2.05, 4.69) is 123 Å². The Hall–Kier alpha value is -2.70. The van der Waals surface area contributed by atoms with Crippen molar-refractivity contribution in [3.63, 3.8) is 0 Å². The van der Waals surface area contributed by atoms with E-state index >= 15 is 0 Å². The summed E-state index contributed by atoms with van der Waals surface area (Å²) in [5.74, 6) is 1.07. The molecule has 0 aliphatic carbocycles. The number of rotatable bonds is 4. The first kappa shape index (κ1) is 21.2. The van der Waals surface area contributed by atoms with Gasteiger partial charge in [0.05, 0.1) is 27.2 Å². The Bertz CT molecular complexity index is 1380. The predicted molar refractivity (Wildman–Crippen MR) is 146 cm³/mol. The van der Waals surface area contributed by atoms with Crippen molar-refractivity contribution in [2.24, 2.45) is 0 Å². The number of fused-ring (bicyclic) bond motifs is 4. The minimum absolute atomic E-state index is 0.589. The Morgan fingerprint density at radius 1 is 0.625 bits per heavy atom. The Labute approximate surface area is 192 Å². The molecule has 0 bridgehead atoms. The third kappa shape index (κ3) is 3.42. The first-order valence-corrected chi connectivity index (χ1v) is 18.7. The summed E-state index contributed by atoms with van der Waals surface area (Å²) in [4.78, 5) is 5.51. The Morgan fingerprint density at radius 3 is 1.62 bits per heavy atom. The van der Waals surface area contributed by atoms with Crippen LogP contribution in [0.15, 0.2) is 78.9 Å². The van der Waals surface area contributed by atoms with Gasteiger partial charge in [0.1, 0.15) is 5.82 Å². The van der Waals surface area contributed by atoms with Crippen LogP contribution < -0.4 is 0 Å². The summed E-state index contributed by atoms with van der Waals surface area (Å²) < 4.78 is 2.39. The molecule has 0 saturated carbocycles. The van der Waals surface area contributed by atoms with Gasteiger partial charge in [0.2, 0.25) is 0 Å². The van der Waals surface area contributed by atoms with Gasteiger partial charge in [0.25, 0.3) is 0 Å². The number of aromatic nitrogens is 2. The van der Waals surface area contributed by atoms with Gasteiger partial charge in [0.15, 0.2) is 0 Å². The van der Waals surface area contributed by atoms with E-state index < -0.39 is 16.1 Å². The predicted octanol–water partition coefficient (Wildman–Crippen LogP) is 8.17. The minimum Gasteiger partial charge on any atom is -0.293 e. The molecule has 5 aromatic rings. The van der Waals surface area contributed by atoms with E-state index in [1.807, 2.05) is 0 Å². The highest BCUT2D eigenvalue weighted by atomic mass is 28.4. The zero-order valence-corrected chi connectivity index (χ0v) is 22.0. The monoisotopic (exact) mass is 452 g/mol. The van der Waals surface area contributed by atoms with Crippen molar-refractivity contribution in [3.05, 3.63) is 84.6 Å². The smallest absolute Gasteiger partial charge is 0.145 e. The van der Waals surface area contributed by atoms with Gasteiger partial charge in [-0.05, 0) is 28.7 Å². The van der Waals surface area contributed by atoms with Gasteiger partial charge >= 0.3 is 0 Å². The topological polar surface area (TPSA) is 17.8 Å². The fourth-order valence-corrected chi connectivity index (χ4v) is 18.3. The molecule has 0 aliphatic heterocycles. The first-order chi connectivity index (χ1) is 15.2. The molecule has 2 heterocycles. The van der Waals surface area contributed by atoms with Gasteiger partial charge in [-0.15, -0.1) is 0 Å². The lowest BCUT2D eigenvalue weighted by atomic mass is 10.1. The van der Waals surface area contributed by atoms with E-state index in [0.29, 0.717) is 5.16 Å². The van der Waals surface area contributed by atoms with Gasteiger partial charge in [-0.1, -0.05) is 99.9 Å². The minimum atomic E-state index is -1.48. The van der Waals surface area contributed by atoms with Crippen molar-refractivity contribution in [2.75, 3.05) is 0 Å². The van der Waals surface area contributed by atoms with Gasteiger partial charge in [-0.25, -0.2) is 4.98 Å². The Morgan fingerprint density at radius 2 is 1.09 bits per heavy atom. The second-order valence-corrected chi connectivity index (χ2v) is 22.3. The molecule has 0 radical (unpaired) electrons. The molecule has 0 atom stereocenters. The van der Waals surface area contributed by atoms with Crippen molar-refractivity contribution in [1.82, 2.24) is 9.55 Å². The number of para-hydroxylation sites is 2. The summed E-state index contributed by atoms with van der Waals surface area (Å²) in [5.41, 5.74) is 3.74. The van der Waals surface area contributed by atoms with E-state index in [1.54, 1.807) is 0 Å². The van der Waals surface area contributed by atoms with E-state index in [0.717, 1.165) is 5.82 Å². The van der Waals surface area contributed by atoms with Crippen LogP contribution >= 0.6 is 0 Å². The van der Waals surface area contributed by atoms with E-state index in [1.165, 1.54) is 38.3 Å². The normalized spacial score (nSPS) is 13.0. The molecule has 0 fully saturated rings. The zero-order chi connectivity index (χ0) is 22.7. The van der Waals surface area contributed by atoms with Crippen molar-refractivity contribution in [1.29, 1.82) is 0 Å². The number of hydrogen-bond donors (Lipinski definition) is 0. The van der Waals surface area contributed by atoms with Crippen LogP contribution in [0.4, 0.5) is 0 Å². The van der Waals surface area contributed by atoms with Crippen molar-refractivity contribution in [3.8, 4) is 5.82 Å². The standard InChI is InChI=1S/C28H32N2Si2/c1-31(2,3)28(32(4,5)6)24-19-20-13-7-8-14-21(20)27(29-24)30-25-17-11-9-15-22(25)23-16-10-12-18-26(23)30/h7-19,28H,1-6H3. The molecule has 32 heavy (non-hydrogen) atoms. The van der Waals surface area contributed by atoms with Gasteiger partial charge in [-0.2, -0.15) is 0 Å². The average molecular weight is 453 g/mol. The van der Waals surface area contributed by atoms with Crippen molar-refractivity contribution < 1.29 is 0 Å². The number of nitrogens with zero attached hydrogens (tertiary/aromatic N) is 2. The number of benzene rings is 3. The third-order valence-electron chi connectivity index (χ3n) is 6.56. The molecular formula is C28H32N2Si2. The maximum atomic E-state index is 5.51. The van der Waals surface area contributed by atoms with Crippen LogP contribution in [0, 0.1) is 0 Å². The van der Waals surface area contributed by atoms with E-state index in [9.17, 15) is 0 Å². The van der Waals surface area contributed by atoms with Crippen molar-refractivity contribution in [2.45, 2.75) is 44.4 Å². The van der Waals surface area contributed by atoms with Gasteiger partial charge in [-0.3, -0.25) is 4.57 Å². The molecule has 162 valence electrons. The molecule has 3 aromatic carbocycles. The summed E-state index contributed by atoms with van der Waals surface area (Å²) in [7, 11) is -2.95. The summed E-state index contributed by atoms with van der Waals surface area (Å²) >= 11 is 0. The summed E-state index contributed by atoms with van der Waals surface area (Å²) in [6.45, 7) is 15.0. The zero-order valence-electron chi connectivity index (χ0n) is 20.0. The molecule has 0 N–H and O–H groups in total. The highest BCUT2D eigenvalue weighted by Gasteiger charge is 2.40. The van der Waals surface area contributed by atoms with Gasteiger partial charge < -0.3 is 0 Å². The molecule has 0 spiro atoms. The molecule has 0 amide bonds. The van der Waals surface area contributed by atoms with Crippen LogP contribution in [-0.4, -0.2) is 25.7 Å². The lowest BCUT2D eigenvalue weighted by molar-refractivity contribution is 1.01. The Balaban J connectivity index is 1.92. The lowest BCUT2D eigenvalue weighted by Crippen LogP contribution is -2.47. The highest BCUT2D eigenvalue weighted by Crippen LogP contribution is 2.39. The second kappa shape index (κ2) is 7.43. The second-order valence-electron chi connectivity index (χ2n) is 11.1. The Kier molecular flexibility index (Phi) is 4.91. The molecule has 0 saturated heterocycles. The number of pyridine rings is 1. The molecule has 2 nitrogen and oxygen atoms in total. The average Bonchev–Trinajstić information content (AvgIpc) is 3.05. The quantitative estimate of drug-likeness (QED) is 0.251. The third-order valence-corrected chi connectivity index (χ3v) is 15.8. The van der Waals surface area contributed by atoms with Gasteiger partial charge in [0, 0.05) is 21.9 Å². The maximum Gasteiger partial charge on any atom is 0.145 e. The van der Waals surface area contributed by atoms with Crippen LogP contribution in [0.2, 0.25) is 39.3 Å². The summed E-state index contributed by atoms with van der Waals surface area (Å²) in [5, 5.41) is 5.66. The SMILES string of the molecule is C[Si](C)(C)C(c1cc2ccccc2c(-n2c3ccccc3c3ccccc32)n1)[Si](C)(C)C. The van der Waals surface area contributed by atoms with Crippen LogP contribution in [0.3, 0.4) is 0 Å². The van der Waals surface area contributed by atoms with Crippen LogP contribution in [-0.2, 0) is 0 Å². The molecule has 0 unspecified atom stereocenters. The fourth-order valence-electron chi connectivity index (χ4n) is 5.86. The molecular weight excluding hydrogens is 420 g/mol. The van der Waals surface area contributed by atoms with E-state index in [-0.39, 0.29) is 0 Å². The molecule has 4 heteroatoms. The van der Waals surface area contributed by atoms with E-state index in [4.69, 9.17) is 4.98 Å². The summed E-state index contributed by atoms with van der Waals surface area (Å²) in [6, 6.07) is 28.6. The fraction of sp³-hybridized carbons (Fsp3) is 0.250. The molecule has 5 rings (SSSR count). The highest BCUT2D eigenvalue weighted by molar-refractivity contribution is 6.96.